The van der Waals surface area contributed by atoms with Crippen molar-refractivity contribution in [3.8, 4) is 0 Å². The van der Waals surface area contributed by atoms with Gasteiger partial charge in [0.25, 0.3) is 0 Å². The average Bonchev–Trinajstić information content (AvgIpc) is 2.89. The van der Waals surface area contributed by atoms with Crippen LogP contribution in [0, 0.1) is 6.92 Å². The van der Waals surface area contributed by atoms with Crippen LogP contribution in [0.1, 0.15) is 34.2 Å². The van der Waals surface area contributed by atoms with Gasteiger partial charge in [-0.05, 0) is 29.2 Å². The highest BCUT2D eigenvalue weighted by molar-refractivity contribution is 5.85. The molecule has 4 aromatic rings. The van der Waals surface area contributed by atoms with E-state index in [0.717, 1.165) is 27.8 Å². The van der Waals surface area contributed by atoms with Crippen molar-refractivity contribution >= 4 is 11.9 Å². The van der Waals surface area contributed by atoms with Crippen LogP contribution < -0.4 is 5.32 Å². The monoisotopic (exact) mass is 463 g/mol. The van der Waals surface area contributed by atoms with Crippen LogP contribution in [-0.2, 0) is 21.4 Å². The van der Waals surface area contributed by atoms with E-state index >= 15 is 0 Å². The first-order valence-corrected chi connectivity index (χ1v) is 11.7. The number of carboxylic acids is 1. The Morgan fingerprint density at radius 1 is 0.714 bits per heavy atom. The highest BCUT2D eigenvalue weighted by Gasteiger charge is 2.39. The SMILES string of the molecule is Cc1ccc(C[C@@H](NC(=O)CC(c2ccccc2)(c2ccccc2)c2ccccc2)C(=O)O)cc1. The summed E-state index contributed by atoms with van der Waals surface area (Å²) < 4.78 is 0. The fourth-order valence-electron chi connectivity index (χ4n) is 4.62. The summed E-state index contributed by atoms with van der Waals surface area (Å²) in [7, 11) is 0. The molecule has 0 aliphatic carbocycles. The van der Waals surface area contributed by atoms with Crippen LogP contribution in [0.3, 0.4) is 0 Å². The Bertz CT molecular complexity index is 1160. The van der Waals surface area contributed by atoms with E-state index in [-0.39, 0.29) is 18.7 Å². The van der Waals surface area contributed by atoms with E-state index in [0.29, 0.717) is 0 Å². The zero-order valence-electron chi connectivity index (χ0n) is 19.7. The number of hydrogen-bond donors (Lipinski definition) is 2. The second-order valence-electron chi connectivity index (χ2n) is 8.83. The zero-order chi connectivity index (χ0) is 24.7. The van der Waals surface area contributed by atoms with Gasteiger partial charge < -0.3 is 10.4 Å². The minimum Gasteiger partial charge on any atom is -0.480 e. The van der Waals surface area contributed by atoms with Gasteiger partial charge in [0.1, 0.15) is 6.04 Å². The molecule has 0 aliphatic rings. The van der Waals surface area contributed by atoms with Gasteiger partial charge in [-0.15, -0.1) is 0 Å². The number of rotatable bonds is 9. The molecule has 0 bridgehead atoms. The summed E-state index contributed by atoms with van der Waals surface area (Å²) in [5.41, 5.74) is 4.10. The molecule has 0 radical (unpaired) electrons. The van der Waals surface area contributed by atoms with Crippen LogP contribution in [0.2, 0.25) is 0 Å². The summed E-state index contributed by atoms with van der Waals surface area (Å²) in [5, 5.41) is 12.7. The van der Waals surface area contributed by atoms with E-state index in [4.69, 9.17) is 0 Å². The van der Waals surface area contributed by atoms with Crippen molar-refractivity contribution in [1.82, 2.24) is 5.32 Å². The second kappa shape index (κ2) is 10.8. The lowest BCUT2D eigenvalue weighted by Gasteiger charge is -2.36. The number of benzene rings is 4. The molecule has 0 saturated heterocycles. The topological polar surface area (TPSA) is 66.4 Å². The molecule has 0 heterocycles. The average molecular weight is 464 g/mol. The minimum atomic E-state index is -1.05. The van der Waals surface area contributed by atoms with Gasteiger partial charge in [0.2, 0.25) is 5.91 Å². The summed E-state index contributed by atoms with van der Waals surface area (Å²) in [4.78, 5) is 25.6. The first kappa shape index (κ1) is 24.0. The number of carbonyl (C=O) groups excluding carboxylic acids is 1. The van der Waals surface area contributed by atoms with Gasteiger partial charge >= 0.3 is 5.97 Å². The van der Waals surface area contributed by atoms with Crippen LogP contribution >= 0.6 is 0 Å². The number of hydrogen-bond acceptors (Lipinski definition) is 2. The van der Waals surface area contributed by atoms with Crippen molar-refractivity contribution in [3.05, 3.63) is 143 Å². The lowest BCUT2D eigenvalue weighted by molar-refractivity contribution is -0.141. The van der Waals surface area contributed by atoms with Crippen LogP contribution in [0.4, 0.5) is 0 Å². The smallest absolute Gasteiger partial charge is 0.326 e. The van der Waals surface area contributed by atoms with Gasteiger partial charge in [-0.25, -0.2) is 4.79 Å². The maximum Gasteiger partial charge on any atom is 0.326 e. The molecule has 4 nitrogen and oxygen atoms in total. The van der Waals surface area contributed by atoms with Crippen molar-refractivity contribution in [3.63, 3.8) is 0 Å². The molecule has 176 valence electrons. The molecule has 0 unspecified atom stereocenters. The van der Waals surface area contributed by atoms with Crippen molar-refractivity contribution in [1.29, 1.82) is 0 Å². The highest BCUT2D eigenvalue weighted by Crippen LogP contribution is 2.42. The largest absolute Gasteiger partial charge is 0.480 e. The standard InChI is InChI=1S/C31H29NO3/c1-23-17-19-24(20-18-23)21-28(30(34)35)32-29(33)22-31(25-11-5-2-6-12-25,26-13-7-3-8-14-26)27-15-9-4-10-16-27/h2-20,28H,21-22H2,1H3,(H,32,33)(H,34,35)/t28-/m1/s1. The molecule has 1 amide bonds. The van der Waals surface area contributed by atoms with Crippen LogP contribution in [0.15, 0.2) is 115 Å². The molecule has 0 aromatic heterocycles. The van der Waals surface area contributed by atoms with Gasteiger partial charge in [-0.1, -0.05) is 121 Å². The van der Waals surface area contributed by atoms with Crippen LogP contribution in [0.5, 0.6) is 0 Å². The van der Waals surface area contributed by atoms with Crippen LogP contribution in [-0.4, -0.2) is 23.0 Å². The molecule has 4 heteroatoms. The molecule has 2 N–H and O–H groups in total. The first-order valence-electron chi connectivity index (χ1n) is 11.7. The predicted molar refractivity (Wildman–Crippen MR) is 138 cm³/mol. The Hall–Kier alpha value is -4.18. The molecule has 4 rings (SSSR count). The molecule has 1 atom stereocenters. The van der Waals surface area contributed by atoms with Crippen molar-refractivity contribution in [2.75, 3.05) is 0 Å². The Kier molecular flexibility index (Phi) is 7.41. The Morgan fingerprint density at radius 2 is 1.14 bits per heavy atom. The fraction of sp³-hybridized carbons (Fsp3) is 0.161. The molecule has 0 spiro atoms. The second-order valence-corrected chi connectivity index (χ2v) is 8.83. The Labute approximate surface area is 206 Å². The van der Waals surface area contributed by atoms with E-state index < -0.39 is 17.4 Å². The number of carboxylic acid groups (broad SMARTS) is 1. The summed E-state index contributed by atoms with van der Waals surface area (Å²) in [6, 6.07) is 36.4. The van der Waals surface area contributed by atoms with E-state index in [1.807, 2.05) is 122 Å². The number of aliphatic carboxylic acids is 1. The molecule has 4 aromatic carbocycles. The van der Waals surface area contributed by atoms with Gasteiger partial charge in [-0.3, -0.25) is 4.79 Å². The highest BCUT2D eigenvalue weighted by atomic mass is 16.4. The van der Waals surface area contributed by atoms with E-state index in [9.17, 15) is 14.7 Å². The van der Waals surface area contributed by atoms with Crippen LogP contribution in [0.25, 0.3) is 0 Å². The summed E-state index contributed by atoms with van der Waals surface area (Å²) >= 11 is 0. The number of carbonyl (C=O) groups is 2. The zero-order valence-corrected chi connectivity index (χ0v) is 19.7. The molecule has 0 fully saturated rings. The van der Waals surface area contributed by atoms with Gasteiger partial charge in [0.15, 0.2) is 0 Å². The molecular weight excluding hydrogens is 434 g/mol. The Morgan fingerprint density at radius 3 is 1.54 bits per heavy atom. The number of nitrogens with one attached hydrogen (secondary N) is 1. The van der Waals surface area contributed by atoms with Gasteiger partial charge in [0, 0.05) is 12.8 Å². The molecule has 0 aliphatic heterocycles. The van der Waals surface area contributed by atoms with E-state index in [1.165, 1.54) is 0 Å². The lowest BCUT2D eigenvalue weighted by Crippen LogP contribution is -2.45. The van der Waals surface area contributed by atoms with Crippen molar-refractivity contribution in [2.45, 2.75) is 31.2 Å². The minimum absolute atomic E-state index is 0.0721. The van der Waals surface area contributed by atoms with E-state index in [1.54, 1.807) is 0 Å². The van der Waals surface area contributed by atoms with Gasteiger partial charge in [-0.2, -0.15) is 0 Å². The third kappa shape index (κ3) is 5.49. The molecule has 35 heavy (non-hydrogen) atoms. The molecular formula is C31H29NO3. The summed E-state index contributed by atoms with van der Waals surface area (Å²) in [6.45, 7) is 1.98. The normalized spacial score (nSPS) is 12.0. The quantitative estimate of drug-likeness (QED) is 0.321. The summed E-state index contributed by atoms with van der Waals surface area (Å²) in [5.74, 6) is -1.37. The summed E-state index contributed by atoms with van der Waals surface area (Å²) in [6.07, 6.45) is 0.291. The third-order valence-electron chi connectivity index (χ3n) is 6.42. The maximum atomic E-state index is 13.6. The predicted octanol–water partition coefficient (Wildman–Crippen LogP) is 5.53. The van der Waals surface area contributed by atoms with Crippen molar-refractivity contribution < 1.29 is 14.7 Å². The maximum absolute atomic E-state index is 13.6. The number of amides is 1. The third-order valence-corrected chi connectivity index (χ3v) is 6.42. The lowest BCUT2D eigenvalue weighted by atomic mass is 9.67. The molecule has 0 saturated carbocycles. The number of aryl methyl sites for hydroxylation is 1. The Balaban J connectivity index is 1.72. The first-order chi connectivity index (χ1) is 17.0. The fourth-order valence-corrected chi connectivity index (χ4v) is 4.62. The van der Waals surface area contributed by atoms with Crippen molar-refractivity contribution in [2.24, 2.45) is 0 Å². The van der Waals surface area contributed by atoms with Gasteiger partial charge in [0.05, 0.1) is 5.41 Å². The van der Waals surface area contributed by atoms with E-state index in [2.05, 4.69) is 5.32 Å².